The maximum Gasteiger partial charge on any atom is 0.313 e. The number of aliphatic carboxylic acids is 1. The number of aromatic nitrogens is 3. The van der Waals surface area contributed by atoms with E-state index in [9.17, 15) is 9.90 Å². The van der Waals surface area contributed by atoms with Crippen LogP contribution in [0, 0.1) is 6.92 Å². The number of nitrogens with zero attached hydrogens (tertiary/aromatic N) is 3. The molecule has 3 aromatic rings. The number of phenols is 1. The van der Waals surface area contributed by atoms with Crippen LogP contribution in [0.2, 0.25) is 0 Å². The molecule has 3 rings (SSSR count). The van der Waals surface area contributed by atoms with Crippen LogP contribution in [0.4, 0.5) is 0 Å². The number of benzene rings is 2. The standard InChI is InChI=1S/C18H17N3O4S/c1-11-3-6-13(7-4-11)21-17(19-20-18(21)26-10-16(23)24)12-5-8-14(22)15(9-12)25-2/h3-9,22H,10H2,1-2H3,(H,23,24). The van der Waals surface area contributed by atoms with E-state index in [0.29, 0.717) is 22.3 Å². The first-order valence-electron chi connectivity index (χ1n) is 7.74. The molecular formula is C18H17N3O4S. The lowest BCUT2D eigenvalue weighted by molar-refractivity contribution is -0.133. The summed E-state index contributed by atoms with van der Waals surface area (Å²) >= 11 is 1.09. The summed E-state index contributed by atoms with van der Waals surface area (Å²) < 4.78 is 6.95. The van der Waals surface area contributed by atoms with Crippen molar-refractivity contribution in [3.63, 3.8) is 0 Å². The summed E-state index contributed by atoms with van der Waals surface area (Å²) in [5, 5.41) is 27.6. The molecule has 0 atom stereocenters. The molecule has 2 aromatic carbocycles. The lowest BCUT2D eigenvalue weighted by Crippen LogP contribution is -2.03. The highest BCUT2D eigenvalue weighted by Gasteiger charge is 2.18. The van der Waals surface area contributed by atoms with E-state index in [1.807, 2.05) is 31.2 Å². The normalized spacial score (nSPS) is 10.7. The van der Waals surface area contributed by atoms with Crippen LogP contribution in [0.25, 0.3) is 17.1 Å². The maximum atomic E-state index is 10.9. The summed E-state index contributed by atoms with van der Waals surface area (Å²) in [4.78, 5) is 10.9. The Labute approximate surface area is 154 Å². The van der Waals surface area contributed by atoms with Crippen molar-refractivity contribution in [1.29, 1.82) is 0 Å². The van der Waals surface area contributed by atoms with Crippen LogP contribution in [0.15, 0.2) is 47.6 Å². The fraction of sp³-hybridized carbons (Fsp3) is 0.167. The summed E-state index contributed by atoms with van der Waals surface area (Å²) in [6, 6.07) is 12.7. The first kappa shape index (κ1) is 17.8. The third-order valence-corrected chi connectivity index (χ3v) is 4.60. The van der Waals surface area contributed by atoms with Gasteiger partial charge in [0.25, 0.3) is 0 Å². The van der Waals surface area contributed by atoms with Gasteiger partial charge in [-0.25, -0.2) is 0 Å². The Morgan fingerprint density at radius 2 is 1.92 bits per heavy atom. The van der Waals surface area contributed by atoms with Gasteiger partial charge in [0.1, 0.15) is 0 Å². The van der Waals surface area contributed by atoms with Gasteiger partial charge in [0.15, 0.2) is 22.5 Å². The molecule has 0 fully saturated rings. The van der Waals surface area contributed by atoms with Crippen molar-refractivity contribution in [1.82, 2.24) is 14.8 Å². The Bertz CT molecular complexity index is 938. The lowest BCUT2D eigenvalue weighted by atomic mass is 10.1. The summed E-state index contributed by atoms with van der Waals surface area (Å²) in [6.45, 7) is 1.99. The largest absolute Gasteiger partial charge is 0.504 e. The van der Waals surface area contributed by atoms with E-state index >= 15 is 0 Å². The Kier molecular flexibility index (Phi) is 5.13. The number of aryl methyl sites for hydroxylation is 1. The van der Waals surface area contributed by atoms with Crippen LogP contribution in [-0.2, 0) is 4.79 Å². The third kappa shape index (κ3) is 3.65. The number of hydrogen-bond acceptors (Lipinski definition) is 6. The quantitative estimate of drug-likeness (QED) is 0.642. The fourth-order valence-corrected chi connectivity index (χ4v) is 3.09. The molecule has 0 saturated carbocycles. The molecule has 8 heteroatoms. The van der Waals surface area contributed by atoms with Crippen LogP contribution >= 0.6 is 11.8 Å². The number of methoxy groups -OCH3 is 1. The molecule has 0 amide bonds. The molecule has 134 valence electrons. The number of aromatic hydroxyl groups is 1. The van der Waals surface area contributed by atoms with Crippen molar-refractivity contribution in [2.75, 3.05) is 12.9 Å². The molecule has 1 heterocycles. The Morgan fingerprint density at radius 3 is 2.58 bits per heavy atom. The van der Waals surface area contributed by atoms with Gasteiger partial charge in [0, 0.05) is 11.3 Å². The molecule has 2 N–H and O–H groups in total. The minimum absolute atomic E-state index is 0.0260. The predicted molar refractivity (Wildman–Crippen MR) is 98.1 cm³/mol. The second-order valence-corrected chi connectivity index (χ2v) is 6.49. The molecule has 0 saturated heterocycles. The van der Waals surface area contributed by atoms with Crippen LogP contribution in [0.5, 0.6) is 11.5 Å². The van der Waals surface area contributed by atoms with Gasteiger partial charge in [-0.3, -0.25) is 9.36 Å². The van der Waals surface area contributed by atoms with Gasteiger partial charge >= 0.3 is 5.97 Å². The summed E-state index contributed by atoms with van der Waals surface area (Å²) in [5.74, 6) is -0.178. The van der Waals surface area contributed by atoms with Crippen molar-refractivity contribution in [2.24, 2.45) is 0 Å². The topological polar surface area (TPSA) is 97.5 Å². The highest BCUT2D eigenvalue weighted by atomic mass is 32.2. The van der Waals surface area contributed by atoms with Gasteiger partial charge in [-0.1, -0.05) is 29.5 Å². The SMILES string of the molecule is COc1cc(-c2nnc(SCC(=O)O)n2-c2ccc(C)cc2)ccc1O. The third-order valence-electron chi connectivity index (χ3n) is 3.69. The van der Waals surface area contributed by atoms with Crippen LogP contribution < -0.4 is 4.74 Å². The zero-order valence-electron chi connectivity index (χ0n) is 14.2. The minimum atomic E-state index is -0.929. The molecule has 7 nitrogen and oxygen atoms in total. The van der Waals surface area contributed by atoms with Gasteiger partial charge in [-0.15, -0.1) is 10.2 Å². The number of carboxylic acid groups (broad SMARTS) is 1. The van der Waals surface area contributed by atoms with Gasteiger partial charge < -0.3 is 14.9 Å². The number of rotatable bonds is 6. The maximum absolute atomic E-state index is 10.9. The van der Waals surface area contributed by atoms with Crippen molar-refractivity contribution < 1.29 is 19.7 Å². The molecule has 0 aliphatic carbocycles. The minimum Gasteiger partial charge on any atom is -0.504 e. The lowest BCUT2D eigenvalue weighted by Gasteiger charge is -2.11. The number of ether oxygens (including phenoxy) is 1. The van der Waals surface area contributed by atoms with E-state index in [2.05, 4.69) is 10.2 Å². The monoisotopic (exact) mass is 371 g/mol. The molecule has 0 unspecified atom stereocenters. The van der Waals surface area contributed by atoms with Crippen LogP contribution in [0.3, 0.4) is 0 Å². The van der Waals surface area contributed by atoms with Crippen molar-refractivity contribution >= 4 is 17.7 Å². The molecule has 0 aliphatic heterocycles. The zero-order chi connectivity index (χ0) is 18.7. The fourth-order valence-electron chi connectivity index (χ4n) is 2.42. The average molecular weight is 371 g/mol. The van der Waals surface area contributed by atoms with E-state index in [1.54, 1.807) is 16.7 Å². The highest BCUT2D eigenvalue weighted by Crippen LogP contribution is 2.33. The van der Waals surface area contributed by atoms with Gasteiger partial charge in [0.2, 0.25) is 0 Å². The Hall–Kier alpha value is -3.00. The molecule has 0 bridgehead atoms. The number of carbonyl (C=O) groups is 1. The summed E-state index contributed by atoms with van der Waals surface area (Å²) in [7, 11) is 1.47. The van der Waals surface area contributed by atoms with E-state index in [-0.39, 0.29) is 11.5 Å². The summed E-state index contributed by atoms with van der Waals surface area (Å²) in [5.41, 5.74) is 2.61. The smallest absolute Gasteiger partial charge is 0.313 e. The summed E-state index contributed by atoms with van der Waals surface area (Å²) in [6.07, 6.45) is 0. The number of carboxylic acids is 1. The zero-order valence-corrected chi connectivity index (χ0v) is 15.0. The molecule has 0 radical (unpaired) electrons. The second kappa shape index (κ2) is 7.49. The van der Waals surface area contributed by atoms with E-state index in [1.165, 1.54) is 13.2 Å². The van der Waals surface area contributed by atoms with E-state index in [4.69, 9.17) is 9.84 Å². The molecule has 0 aliphatic rings. The number of hydrogen-bond donors (Lipinski definition) is 2. The molecule has 26 heavy (non-hydrogen) atoms. The van der Waals surface area contributed by atoms with Crippen molar-refractivity contribution in [2.45, 2.75) is 12.1 Å². The molecule has 1 aromatic heterocycles. The Morgan fingerprint density at radius 1 is 1.19 bits per heavy atom. The van der Waals surface area contributed by atoms with Gasteiger partial charge in [-0.05, 0) is 37.3 Å². The van der Waals surface area contributed by atoms with Gasteiger partial charge in [-0.2, -0.15) is 0 Å². The average Bonchev–Trinajstić information content (AvgIpc) is 3.05. The van der Waals surface area contributed by atoms with E-state index in [0.717, 1.165) is 23.0 Å². The first-order valence-corrected chi connectivity index (χ1v) is 8.72. The van der Waals surface area contributed by atoms with Crippen LogP contribution in [0.1, 0.15) is 5.56 Å². The molecular weight excluding hydrogens is 354 g/mol. The first-order chi connectivity index (χ1) is 12.5. The van der Waals surface area contributed by atoms with E-state index < -0.39 is 5.97 Å². The number of thioether (sulfide) groups is 1. The van der Waals surface area contributed by atoms with Gasteiger partial charge in [0.05, 0.1) is 12.9 Å². The number of phenolic OH excluding ortho intramolecular Hbond substituents is 1. The Balaban J connectivity index is 2.13. The van der Waals surface area contributed by atoms with Crippen molar-refractivity contribution in [3.8, 4) is 28.6 Å². The van der Waals surface area contributed by atoms with Crippen LogP contribution in [-0.4, -0.2) is 43.8 Å². The molecule has 0 spiro atoms. The second-order valence-electron chi connectivity index (χ2n) is 5.55. The highest BCUT2D eigenvalue weighted by molar-refractivity contribution is 7.99. The predicted octanol–water partition coefficient (Wildman–Crippen LogP) is 3.13. The van der Waals surface area contributed by atoms with Crippen molar-refractivity contribution in [3.05, 3.63) is 48.0 Å².